The lowest BCUT2D eigenvalue weighted by Crippen LogP contribution is -2.49. The van der Waals surface area contributed by atoms with Gasteiger partial charge in [-0.3, -0.25) is 14.3 Å². The Balaban J connectivity index is 1.55. The van der Waals surface area contributed by atoms with Crippen molar-refractivity contribution in [2.45, 2.75) is 38.1 Å². The van der Waals surface area contributed by atoms with Gasteiger partial charge in [0.1, 0.15) is 5.69 Å². The van der Waals surface area contributed by atoms with Gasteiger partial charge < -0.3 is 9.80 Å². The van der Waals surface area contributed by atoms with Crippen LogP contribution in [0.5, 0.6) is 0 Å². The third-order valence-electron chi connectivity index (χ3n) is 5.77. The minimum atomic E-state index is -0.480. The van der Waals surface area contributed by atoms with Gasteiger partial charge in [0.2, 0.25) is 5.91 Å². The standard InChI is InChI=1S/C20H24N4O2/c1-3-12-24-17(8-11-21-24)18(25)23-13-9-20(10-14-23)15-6-4-5-7-16(15)22(2)19(20)26/h4-8,11H,3,9-10,12-14H2,1-2H3. The van der Waals surface area contributed by atoms with Gasteiger partial charge in [0.15, 0.2) is 0 Å². The summed E-state index contributed by atoms with van der Waals surface area (Å²) in [6.45, 7) is 3.98. The van der Waals surface area contributed by atoms with Crippen molar-refractivity contribution in [2.24, 2.45) is 0 Å². The molecule has 0 bridgehead atoms. The zero-order chi connectivity index (χ0) is 18.3. The Kier molecular flexibility index (Phi) is 4.05. The van der Waals surface area contributed by atoms with Gasteiger partial charge in [-0.2, -0.15) is 5.10 Å². The van der Waals surface area contributed by atoms with Crippen molar-refractivity contribution in [3.8, 4) is 0 Å². The number of carbonyl (C=O) groups excluding carboxylic acids is 2. The minimum Gasteiger partial charge on any atom is -0.337 e. The predicted molar refractivity (Wildman–Crippen MR) is 99.2 cm³/mol. The molecule has 0 unspecified atom stereocenters. The van der Waals surface area contributed by atoms with Crippen LogP contribution in [0.1, 0.15) is 42.2 Å². The Morgan fingerprint density at radius 2 is 1.92 bits per heavy atom. The Labute approximate surface area is 153 Å². The van der Waals surface area contributed by atoms with Gasteiger partial charge in [0.25, 0.3) is 5.91 Å². The number of likely N-dealkylation sites (tertiary alicyclic amines) is 1. The highest BCUT2D eigenvalue weighted by atomic mass is 16.2. The van der Waals surface area contributed by atoms with Crippen molar-refractivity contribution in [2.75, 3.05) is 25.0 Å². The summed E-state index contributed by atoms with van der Waals surface area (Å²) in [7, 11) is 1.84. The highest BCUT2D eigenvalue weighted by Crippen LogP contribution is 2.47. The molecule has 0 N–H and O–H groups in total. The van der Waals surface area contributed by atoms with E-state index in [4.69, 9.17) is 0 Å². The Bertz CT molecular complexity index is 849. The molecule has 0 radical (unpaired) electrons. The smallest absolute Gasteiger partial charge is 0.272 e. The number of rotatable bonds is 3. The number of carbonyl (C=O) groups is 2. The molecule has 1 aromatic heterocycles. The second kappa shape index (κ2) is 6.27. The van der Waals surface area contributed by atoms with Crippen LogP contribution in [0.25, 0.3) is 0 Å². The van der Waals surface area contributed by atoms with Crippen molar-refractivity contribution in [1.82, 2.24) is 14.7 Å². The zero-order valence-electron chi connectivity index (χ0n) is 15.3. The Morgan fingerprint density at radius 3 is 2.65 bits per heavy atom. The zero-order valence-corrected chi connectivity index (χ0v) is 15.3. The SMILES string of the molecule is CCCn1nccc1C(=O)N1CCC2(CC1)C(=O)N(C)c1ccccc12. The number of anilines is 1. The molecule has 1 fully saturated rings. The van der Waals surface area contributed by atoms with Gasteiger partial charge in [0.05, 0.1) is 5.41 Å². The van der Waals surface area contributed by atoms with E-state index >= 15 is 0 Å². The van der Waals surface area contributed by atoms with Crippen molar-refractivity contribution in [1.29, 1.82) is 0 Å². The number of fused-ring (bicyclic) bond motifs is 2. The van der Waals surface area contributed by atoms with Gasteiger partial charge in [-0.25, -0.2) is 0 Å². The third kappa shape index (κ3) is 2.35. The van der Waals surface area contributed by atoms with Gasteiger partial charge in [0, 0.05) is 38.6 Å². The highest BCUT2D eigenvalue weighted by molar-refractivity contribution is 6.08. The van der Waals surface area contributed by atoms with Crippen LogP contribution in [0.15, 0.2) is 36.5 Å². The lowest BCUT2D eigenvalue weighted by atomic mass is 9.73. The van der Waals surface area contributed by atoms with Crippen LogP contribution in [0, 0.1) is 0 Å². The molecule has 2 aliphatic heterocycles. The maximum absolute atomic E-state index is 13.0. The van der Waals surface area contributed by atoms with E-state index < -0.39 is 5.41 Å². The van der Waals surface area contributed by atoms with E-state index in [2.05, 4.69) is 18.1 Å². The lowest BCUT2D eigenvalue weighted by Gasteiger charge is -2.38. The second-order valence-electron chi connectivity index (χ2n) is 7.20. The van der Waals surface area contributed by atoms with Crippen LogP contribution in [0.2, 0.25) is 0 Å². The number of benzene rings is 1. The average molecular weight is 352 g/mol. The van der Waals surface area contributed by atoms with E-state index in [1.807, 2.05) is 30.1 Å². The molecule has 1 aromatic carbocycles. The quantitative estimate of drug-likeness (QED) is 0.852. The fourth-order valence-corrected chi connectivity index (χ4v) is 4.36. The van der Waals surface area contributed by atoms with Gasteiger partial charge >= 0.3 is 0 Å². The Hall–Kier alpha value is -2.63. The van der Waals surface area contributed by atoms with Gasteiger partial charge in [-0.15, -0.1) is 0 Å². The van der Waals surface area contributed by atoms with E-state index in [9.17, 15) is 9.59 Å². The molecule has 4 rings (SSSR count). The largest absolute Gasteiger partial charge is 0.337 e. The fourth-order valence-electron chi connectivity index (χ4n) is 4.36. The normalized spacial score (nSPS) is 18.5. The summed E-state index contributed by atoms with van der Waals surface area (Å²) in [4.78, 5) is 29.5. The van der Waals surface area contributed by atoms with Crippen LogP contribution in [0.4, 0.5) is 5.69 Å². The lowest BCUT2D eigenvalue weighted by molar-refractivity contribution is -0.124. The second-order valence-corrected chi connectivity index (χ2v) is 7.20. The molecule has 136 valence electrons. The number of aryl methyl sites for hydroxylation is 1. The van der Waals surface area contributed by atoms with Gasteiger partial charge in [-0.1, -0.05) is 25.1 Å². The van der Waals surface area contributed by atoms with E-state index in [0.29, 0.717) is 31.6 Å². The summed E-state index contributed by atoms with van der Waals surface area (Å²) in [6.07, 6.45) is 3.95. The van der Waals surface area contributed by atoms with Crippen LogP contribution >= 0.6 is 0 Å². The summed E-state index contributed by atoms with van der Waals surface area (Å²) >= 11 is 0. The van der Waals surface area contributed by atoms with E-state index in [-0.39, 0.29) is 11.8 Å². The monoisotopic (exact) mass is 352 g/mol. The summed E-state index contributed by atoms with van der Waals surface area (Å²) < 4.78 is 1.77. The molecule has 2 aromatic rings. The first-order valence-corrected chi connectivity index (χ1v) is 9.27. The molecule has 0 saturated carbocycles. The molecule has 26 heavy (non-hydrogen) atoms. The summed E-state index contributed by atoms with van der Waals surface area (Å²) in [5.41, 5.74) is 2.26. The van der Waals surface area contributed by atoms with E-state index in [1.54, 1.807) is 21.8 Å². The molecule has 3 heterocycles. The van der Waals surface area contributed by atoms with Gasteiger partial charge in [-0.05, 0) is 37.0 Å². The number of aromatic nitrogens is 2. The number of piperidine rings is 1. The number of nitrogens with zero attached hydrogens (tertiary/aromatic N) is 4. The average Bonchev–Trinajstić information content (AvgIpc) is 3.21. The molecule has 1 saturated heterocycles. The molecule has 2 aliphatic rings. The minimum absolute atomic E-state index is 0.0119. The molecule has 2 amide bonds. The molecule has 0 aliphatic carbocycles. The number of para-hydroxylation sites is 1. The van der Waals surface area contributed by atoms with Crippen LogP contribution < -0.4 is 4.90 Å². The number of amides is 2. The molecule has 6 nitrogen and oxygen atoms in total. The number of hydrogen-bond donors (Lipinski definition) is 0. The molecular weight excluding hydrogens is 328 g/mol. The first-order valence-electron chi connectivity index (χ1n) is 9.27. The molecule has 1 spiro atoms. The number of hydrogen-bond acceptors (Lipinski definition) is 3. The fraction of sp³-hybridized carbons (Fsp3) is 0.450. The van der Waals surface area contributed by atoms with E-state index in [0.717, 1.165) is 24.2 Å². The van der Waals surface area contributed by atoms with Crippen LogP contribution in [0.3, 0.4) is 0 Å². The molecule has 6 heteroatoms. The maximum Gasteiger partial charge on any atom is 0.272 e. The highest BCUT2D eigenvalue weighted by Gasteiger charge is 2.51. The number of likely N-dealkylation sites (N-methyl/N-ethyl adjacent to an activating group) is 1. The summed E-state index contributed by atoms with van der Waals surface area (Å²) in [5, 5.41) is 4.25. The predicted octanol–water partition coefficient (Wildman–Crippen LogP) is 2.44. The van der Waals surface area contributed by atoms with Crippen molar-refractivity contribution < 1.29 is 9.59 Å². The molecular formula is C20H24N4O2. The maximum atomic E-state index is 13.0. The Morgan fingerprint density at radius 1 is 1.19 bits per heavy atom. The summed E-state index contributed by atoms with van der Waals surface area (Å²) in [6, 6.07) is 9.81. The van der Waals surface area contributed by atoms with Crippen molar-refractivity contribution in [3.05, 3.63) is 47.8 Å². The first kappa shape index (κ1) is 16.8. The van der Waals surface area contributed by atoms with Crippen LogP contribution in [-0.2, 0) is 16.8 Å². The van der Waals surface area contributed by atoms with Crippen molar-refractivity contribution in [3.63, 3.8) is 0 Å². The van der Waals surface area contributed by atoms with Crippen LogP contribution in [-0.4, -0.2) is 46.6 Å². The third-order valence-corrected chi connectivity index (χ3v) is 5.77. The topological polar surface area (TPSA) is 58.4 Å². The first-order chi connectivity index (χ1) is 12.6. The van der Waals surface area contributed by atoms with E-state index in [1.165, 1.54) is 0 Å². The summed E-state index contributed by atoms with van der Waals surface area (Å²) in [5.74, 6) is 0.166. The van der Waals surface area contributed by atoms with Crippen molar-refractivity contribution >= 4 is 17.5 Å². The molecule has 0 atom stereocenters.